The van der Waals surface area contributed by atoms with Crippen LogP contribution in [0.1, 0.15) is 22.8 Å². The molecule has 3 aromatic carbocycles. The predicted octanol–water partition coefficient (Wildman–Crippen LogP) is 4.61. The van der Waals surface area contributed by atoms with E-state index < -0.39 is 18.0 Å². The number of hydrogen-bond acceptors (Lipinski definition) is 5. The molecule has 1 atom stereocenters. The van der Waals surface area contributed by atoms with Crippen molar-refractivity contribution in [2.75, 3.05) is 19.0 Å². The van der Waals surface area contributed by atoms with Crippen LogP contribution in [0.2, 0.25) is 0 Å². The zero-order chi connectivity index (χ0) is 22.2. The third kappa shape index (κ3) is 6.09. The normalized spacial score (nSPS) is 11.3. The van der Waals surface area contributed by atoms with Crippen molar-refractivity contribution in [1.29, 1.82) is 0 Å². The third-order valence-electron chi connectivity index (χ3n) is 4.76. The fraction of sp³-hybridized carbons (Fsp3) is 0.200. The van der Waals surface area contributed by atoms with Crippen LogP contribution in [-0.4, -0.2) is 25.6 Å². The zero-order valence-electron chi connectivity index (χ0n) is 17.8. The first-order chi connectivity index (χ1) is 15.0. The fourth-order valence-electron chi connectivity index (χ4n) is 2.92. The van der Waals surface area contributed by atoms with Crippen molar-refractivity contribution >= 4 is 17.6 Å². The molecule has 1 N–H and O–H groups in total. The Bertz CT molecular complexity index is 1050. The molecule has 3 rings (SSSR count). The van der Waals surface area contributed by atoms with Crippen molar-refractivity contribution in [3.8, 4) is 11.5 Å². The number of aryl methyl sites for hydroxylation is 2. The summed E-state index contributed by atoms with van der Waals surface area (Å²) in [5, 5.41) is 2.77. The number of ether oxygens (including phenoxy) is 3. The monoisotopic (exact) mass is 419 g/mol. The molecule has 0 radical (unpaired) electrons. The van der Waals surface area contributed by atoms with E-state index in [0.29, 0.717) is 22.7 Å². The van der Waals surface area contributed by atoms with Crippen molar-refractivity contribution in [1.82, 2.24) is 0 Å². The van der Waals surface area contributed by atoms with Crippen LogP contribution >= 0.6 is 0 Å². The van der Waals surface area contributed by atoms with Gasteiger partial charge in [0.25, 0.3) is 5.91 Å². The summed E-state index contributed by atoms with van der Waals surface area (Å²) in [6, 6.07) is 21.4. The van der Waals surface area contributed by atoms with Gasteiger partial charge in [0.2, 0.25) is 6.10 Å². The summed E-state index contributed by atoms with van der Waals surface area (Å²) in [7, 11) is 1.55. The van der Waals surface area contributed by atoms with Gasteiger partial charge in [-0.1, -0.05) is 42.5 Å². The molecule has 0 aliphatic rings. The Balaban J connectivity index is 1.70. The molecule has 3 aromatic rings. The number of nitrogens with one attached hydrogen (secondary N) is 1. The van der Waals surface area contributed by atoms with E-state index in [2.05, 4.69) is 5.32 Å². The second-order valence-corrected chi connectivity index (χ2v) is 7.04. The molecule has 0 bridgehead atoms. The smallest absolute Gasteiger partial charge is 0.345 e. The number of carbonyl (C=O) groups is 2. The van der Waals surface area contributed by atoms with E-state index >= 15 is 0 Å². The van der Waals surface area contributed by atoms with Crippen LogP contribution in [0.25, 0.3) is 0 Å². The van der Waals surface area contributed by atoms with E-state index in [1.807, 2.05) is 32.0 Å². The van der Waals surface area contributed by atoms with E-state index in [9.17, 15) is 9.59 Å². The minimum atomic E-state index is -1.12. The SMILES string of the molecule is COc1cccc(NC(=O)[C@H](OC(=O)COc2ccc(C)c(C)c2)c2ccccc2)c1. The molecule has 6 nitrogen and oxygen atoms in total. The predicted molar refractivity (Wildman–Crippen MR) is 118 cm³/mol. The molecule has 31 heavy (non-hydrogen) atoms. The van der Waals surface area contributed by atoms with Crippen molar-refractivity contribution < 1.29 is 23.8 Å². The maximum absolute atomic E-state index is 12.9. The molecule has 0 aliphatic carbocycles. The second kappa shape index (κ2) is 10.3. The lowest BCUT2D eigenvalue weighted by atomic mass is 10.1. The van der Waals surface area contributed by atoms with Gasteiger partial charge in [0.15, 0.2) is 6.61 Å². The minimum absolute atomic E-state index is 0.307. The van der Waals surface area contributed by atoms with Crippen molar-refractivity contribution in [2.45, 2.75) is 20.0 Å². The first-order valence-corrected chi connectivity index (χ1v) is 9.85. The summed E-state index contributed by atoms with van der Waals surface area (Å²) >= 11 is 0. The Morgan fingerprint density at radius 2 is 1.65 bits per heavy atom. The van der Waals surface area contributed by atoms with Gasteiger partial charge in [0, 0.05) is 17.3 Å². The highest BCUT2D eigenvalue weighted by atomic mass is 16.6. The number of rotatable bonds is 8. The largest absolute Gasteiger partial charge is 0.497 e. The summed E-state index contributed by atoms with van der Waals surface area (Å²) in [4.78, 5) is 25.4. The lowest BCUT2D eigenvalue weighted by Gasteiger charge is -2.18. The van der Waals surface area contributed by atoms with Gasteiger partial charge >= 0.3 is 5.97 Å². The van der Waals surface area contributed by atoms with E-state index in [0.717, 1.165) is 11.1 Å². The van der Waals surface area contributed by atoms with Gasteiger partial charge in [-0.15, -0.1) is 0 Å². The highest BCUT2D eigenvalue weighted by Gasteiger charge is 2.25. The van der Waals surface area contributed by atoms with E-state index in [4.69, 9.17) is 14.2 Å². The quantitative estimate of drug-likeness (QED) is 0.540. The molecule has 0 fully saturated rings. The highest BCUT2D eigenvalue weighted by molar-refractivity contribution is 5.96. The van der Waals surface area contributed by atoms with E-state index in [1.165, 1.54) is 0 Å². The average molecular weight is 419 g/mol. The van der Waals surface area contributed by atoms with Crippen LogP contribution in [0.4, 0.5) is 5.69 Å². The molecule has 0 spiro atoms. The molecule has 6 heteroatoms. The zero-order valence-corrected chi connectivity index (χ0v) is 17.8. The van der Waals surface area contributed by atoms with Crippen LogP contribution in [0.3, 0.4) is 0 Å². The molecule has 1 amide bonds. The van der Waals surface area contributed by atoms with Crippen LogP contribution < -0.4 is 14.8 Å². The lowest BCUT2D eigenvalue weighted by molar-refractivity contribution is -0.156. The first-order valence-electron chi connectivity index (χ1n) is 9.85. The number of carbonyl (C=O) groups excluding carboxylic acids is 2. The Morgan fingerprint density at radius 3 is 2.35 bits per heavy atom. The topological polar surface area (TPSA) is 73.9 Å². The number of benzene rings is 3. The molecule has 0 heterocycles. The van der Waals surface area contributed by atoms with Gasteiger partial charge in [-0.3, -0.25) is 4.79 Å². The maximum atomic E-state index is 12.9. The van der Waals surface area contributed by atoms with Gasteiger partial charge in [-0.25, -0.2) is 4.79 Å². The summed E-state index contributed by atoms with van der Waals surface area (Å²) in [5.74, 6) is 0.0526. The summed E-state index contributed by atoms with van der Waals surface area (Å²) in [6.45, 7) is 3.66. The number of anilines is 1. The van der Waals surface area contributed by atoms with Gasteiger partial charge in [-0.2, -0.15) is 0 Å². The fourth-order valence-corrected chi connectivity index (χ4v) is 2.92. The molecule has 0 saturated heterocycles. The summed E-state index contributed by atoms with van der Waals surface area (Å²) < 4.78 is 16.2. The van der Waals surface area contributed by atoms with Gasteiger partial charge in [0.05, 0.1) is 7.11 Å². The van der Waals surface area contributed by atoms with Crippen LogP contribution in [0.5, 0.6) is 11.5 Å². The molecule has 160 valence electrons. The molecule has 0 aromatic heterocycles. The van der Waals surface area contributed by atoms with Gasteiger partial charge in [-0.05, 0) is 49.2 Å². The van der Waals surface area contributed by atoms with Crippen molar-refractivity contribution in [3.63, 3.8) is 0 Å². The molecular weight excluding hydrogens is 394 g/mol. The van der Waals surface area contributed by atoms with Gasteiger partial charge < -0.3 is 19.5 Å². The second-order valence-electron chi connectivity index (χ2n) is 7.04. The first kappa shape index (κ1) is 21.9. The van der Waals surface area contributed by atoms with Crippen LogP contribution in [0, 0.1) is 13.8 Å². The number of methoxy groups -OCH3 is 1. The molecular formula is C25H25NO5. The number of esters is 1. The van der Waals surface area contributed by atoms with Crippen molar-refractivity contribution in [3.05, 3.63) is 89.5 Å². The van der Waals surface area contributed by atoms with E-state index in [-0.39, 0.29) is 6.61 Å². The van der Waals surface area contributed by atoms with Crippen LogP contribution in [0.15, 0.2) is 72.8 Å². The maximum Gasteiger partial charge on any atom is 0.345 e. The van der Waals surface area contributed by atoms with Gasteiger partial charge in [0.1, 0.15) is 11.5 Å². The molecule has 0 saturated carbocycles. The molecule has 0 aliphatic heterocycles. The average Bonchev–Trinajstić information content (AvgIpc) is 2.79. The standard InChI is InChI=1S/C25H25NO5/c1-17-12-13-22(14-18(17)2)30-16-23(27)31-24(19-8-5-4-6-9-19)25(28)26-20-10-7-11-21(15-20)29-3/h4-15,24H,16H2,1-3H3,(H,26,28)/t24-/m1/s1. The Hall–Kier alpha value is -3.80. The summed E-state index contributed by atoms with van der Waals surface area (Å²) in [6.07, 6.45) is -1.12. The van der Waals surface area contributed by atoms with Crippen LogP contribution in [-0.2, 0) is 14.3 Å². The van der Waals surface area contributed by atoms with E-state index in [1.54, 1.807) is 61.7 Å². The Labute approximate surface area is 181 Å². The highest BCUT2D eigenvalue weighted by Crippen LogP contribution is 2.23. The third-order valence-corrected chi connectivity index (χ3v) is 4.76. The molecule has 0 unspecified atom stereocenters. The van der Waals surface area contributed by atoms with Crippen molar-refractivity contribution in [2.24, 2.45) is 0 Å². The lowest BCUT2D eigenvalue weighted by Crippen LogP contribution is -2.28. The Morgan fingerprint density at radius 1 is 0.871 bits per heavy atom. The minimum Gasteiger partial charge on any atom is -0.497 e. The Kier molecular flexibility index (Phi) is 7.27. The summed E-state index contributed by atoms with van der Waals surface area (Å²) in [5.41, 5.74) is 3.29. The number of hydrogen-bond donors (Lipinski definition) is 1. The number of amides is 1.